The molecule has 1 aromatic carbocycles. The number of hydrogen-bond acceptors (Lipinski definition) is 3. The molecule has 0 aromatic heterocycles. The molecule has 4 nitrogen and oxygen atoms in total. The topological polar surface area (TPSA) is 66.4 Å². The van der Waals surface area contributed by atoms with Crippen molar-refractivity contribution in [1.82, 2.24) is 5.32 Å². The Balaban J connectivity index is 2.59. The lowest BCUT2D eigenvalue weighted by atomic mass is 10.1. The van der Waals surface area contributed by atoms with Crippen LogP contribution < -0.4 is 5.32 Å². The molecule has 0 aliphatic carbocycles. The Morgan fingerprint density at radius 1 is 1.44 bits per heavy atom. The number of aromatic hydroxyl groups is 1. The molecule has 0 saturated heterocycles. The summed E-state index contributed by atoms with van der Waals surface area (Å²) >= 11 is 0. The largest absolute Gasteiger partial charge is 0.508 e. The molecule has 0 radical (unpaired) electrons. The summed E-state index contributed by atoms with van der Waals surface area (Å²) in [5.41, 5.74) is 0.895. The predicted octanol–water partition coefficient (Wildman–Crippen LogP) is 1.03. The van der Waals surface area contributed by atoms with Gasteiger partial charge in [0, 0.05) is 6.42 Å². The zero-order valence-corrected chi connectivity index (χ0v) is 9.14. The molecular weight excluding hydrogens is 206 g/mol. The normalized spacial score (nSPS) is 11.8. The number of amides is 1. The van der Waals surface area contributed by atoms with Crippen molar-refractivity contribution < 1.29 is 14.7 Å². The molecule has 0 spiro atoms. The van der Waals surface area contributed by atoms with E-state index in [0.717, 1.165) is 11.8 Å². The van der Waals surface area contributed by atoms with Crippen LogP contribution in [0, 0.1) is 0 Å². The van der Waals surface area contributed by atoms with Gasteiger partial charge in [0.25, 0.3) is 0 Å². The van der Waals surface area contributed by atoms with Gasteiger partial charge in [-0.3, -0.25) is 4.79 Å². The summed E-state index contributed by atoms with van der Waals surface area (Å²) in [6.45, 7) is 1.73. The number of rotatable bonds is 5. The van der Waals surface area contributed by atoms with Crippen molar-refractivity contribution in [2.24, 2.45) is 0 Å². The van der Waals surface area contributed by atoms with Crippen molar-refractivity contribution in [1.29, 1.82) is 0 Å². The van der Waals surface area contributed by atoms with Gasteiger partial charge < -0.3 is 15.2 Å². The van der Waals surface area contributed by atoms with Crippen LogP contribution in [0.4, 0.5) is 0 Å². The lowest BCUT2D eigenvalue weighted by molar-refractivity contribution is -0.123. The lowest BCUT2D eigenvalue weighted by Gasteiger charge is -2.12. The van der Waals surface area contributed by atoms with Crippen molar-refractivity contribution >= 4 is 12.2 Å². The average Bonchev–Trinajstić information content (AvgIpc) is 2.30. The molecule has 4 heteroatoms. The Kier molecular flexibility index (Phi) is 4.51. The highest BCUT2D eigenvalue weighted by Gasteiger charge is 2.10. The molecule has 0 fully saturated rings. The van der Waals surface area contributed by atoms with Gasteiger partial charge in [0.15, 0.2) is 0 Å². The minimum atomic E-state index is -0.503. The molecule has 1 aromatic rings. The maximum Gasteiger partial charge on any atom is 0.220 e. The van der Waals surface area contributed by atoms with Crippen LogP contribution in [0.3, 0.4) is 0 Å². The quantitative estimate of drug-likeness (QED) is 0.730. The van der Waals surface area contributed by atoms with E-state index in [4.69, 9.17) is 5.11 Å². The molecule has 0 bridgehead atoms. The Bertz CT molecular complexity index is 359. The summed E-state index contributed by atoms with van der Waals surface area (Å²) in [6, 6.07) is 6.06. The highest BCUT2D eigenvalue weighted by molar-refractivity contribution is 5.79. The van der Waals surface area contributed by atoms with E-state index in [9.17, 15) is 9.59 Å². The number of phenols is 1. The highest BCUT2D eigenvalue weighted by Crippen LogP contribution is 2.10. The van der Waals surface area contributed by atoms with E-state index in [1.165, 1.54) is 0 Å². The molecule has 0 aliphatic heterocycles. The van der Waals surface area contributed by atoms with Crippen molar-refractivity contribution in [2.75, 3.05) is 0 Å². The first-order valence-electron chi connectivity index (χ1n) is 5.18. The Morgan fingerprint density at radius 3 is 2.56 bits per heavy atom. The molecule has 1 rings (SSSR count). The molecular formula is C12H15NO3. The van der Waals surface area contributed by atoms with E-state index < -0.39 is 6.04 Å². The zero-order valence-electron chi connectivity index (χ0n) is 9.14. The van der Waals surface area contributed by atoms with Gasteiger partial charge in [0.1, 0.15) is 12.0 Å². The predicted molar refractivity (Wildman–Crippen MR) is 60.1 cm³/mol. The van der Waals surface area contributed by atoms with Crippen molar-refractivity contribution in [3.8, 4) is 5.75 Å². The van der Waals surface area contributed by atoms with Gasteiger partial charge in [-0.2, -0.15) is 0 Å². The van der Waals surface area contributed by atoms with E-state index >= 15 is 0 Å². The van der Waals surface area contributed by atoms with Crippen LogP contribution in [-0.2, 0) is 16.0 Å². The first-order chi connectivity index (χ1) is 7.65. The number of hydrogen-bond donors (Lipinski definition) is 2. The zero-order chi connectivity index (χ0) is 12.0. The molecule has 16 heavy (non-hydrogen) atoms. The fourth-order valence-electron chi connectivity index (χ4n) is 1.33. The van der Waals surface area contributed by atoms with E-state index in [1.54, 1.807) is 31.2 Å². The van der Waals surface area contributed by atoms with E-state index in [0.29, 0.717) is 12.8 Å². The molecule has 0 heterocycles. The number of carbonyl (C=O) groups is 2. The smallest absolute Gasteiger partial charge is 0.220 e. The molecule has 86 valence electrons. The summed E-state index contributed by atoms with van der Waals surface area (Å²) < 4.78 is 0. The van der Waals surface area contributed by atoms with E-state index in [2.05, 4.69) is 5.32 Å². The minimum Gasteiger partial charge on any atom is -0.508 e. The Morgan fingerprint density at radius 2 is 2.06 bits per heavy atom. The maximum absolute atomic E-state index is 11.1. The minimum absolute atomic E-state index is 0.143. The Hall–Kier alpha value is -1.84. The van der Waals surface area contributed by atoms with Gasteiger partial charge in [-0.1, -0.05) is 19.1 Å². The van der Waals surface area contributed by atoms with Crippen LogP contribution in [0.15, 0.2) is 24.3 Å². The van der Waals surface area contributed by atoms with Crippen molar-refractivity contribution in [2.45, 2.75) is 25.8 Å². The van der Waals surface area contributed by atoms with Gasteiger partial charge in [-0.15, -0.1) is 0 Å². The van der Waals surface area contributed by atoms with Gasteiger partial charge in [-0.25, -0.2) is 0 Å². The van der Waals surface area contributed by atoms with Crippen molar-refractivity contribution in [3.05, 3.63) is 29.8 Å². The van der Waals surface area contributed by atoms with Gasteiger partial charge in [-0.05, 0) is 24.1 Å². The van der Waals surface area contributed by atoms with Gasteiger partial charge >= 0.3 is 0 Å². The van der Waals surface area contributed by atoms with Crippen LogP contribution in [0.2, 0.25) is 0 Å². The van der Waals surface area contributed by atoms with Crippen LogP contribution in [0.25, 0.3) is 0 Å². The SMILES string of the molecule is CCC(=O)N[C@H](C=O)Cc1ccc(O)cc1. The average molecular weight is 221 g/mol. The lowest BCUT2D eigenvalue weighted by Crippen LogP contribution is -2.37. The van der Waals surface area contributed by atoms with Gasteiger partial charge in [0.05, 0.1) is 6.04 Å². The van der Waals surface area contributed by atoms with Gasteiger partial charge in [0.2, 0.25) is 5.91 Å². The number of carbonyl (C=O) groups excluding carboxylic acids is 2. The summed E-state index contributed by atoms with van der Waals surface area (Å²) in [4.78, 5) is 21.9. The first kappa shape index (κ1) is 12.2. The fourth-order valence-corrected chi connectivity index (χ4v) is 1.33. The maximum atomic E-state index is 11.1. The second-order valence-electron chi connectivity index (χ2n) is 3.53. The summed E-state index contributed by atoms with van der Waals surface area (Å²) in [6.07, 6.45) is 1.52. The van der Waals surface area contributed by atoms with E-state index in [-0.39, 0.29) is 11.7 Å². The molecule has 1 atom stereocenters. The third-order valence-electron chi connectivity index (χ3n) is 2.22. The standard InChI is InChI=1S/C12H15NO3/c1-2-12(16)13-10(8-14)7-9-3-5-11(15)6-4-9/h3-6,8,10,15H,2,7H2,1H3,(H,13,16)/t10-/m0/s1. The molecule has 0 aliphatic rings. The second-order valence-corrected chi connectivity index (χ2v) is 3.53. The monoisotopic (exact) mass is 221 g/mol. The second kappa shape index (κ2) is 5.90. The summed E-state index contributed by atoms with van der Waals surface area (Å²) in [7, 11) is 0. The molecule has 0 unspecified atom stereocenters. The van der Waals surface area contributed by atoms with Crippen LogP contribution in [-0.4, -0.2) is 23.3 Å². The first-order valence-corrected chi connectivity index (χ1v) is 5.18. The molecule has 2 N–H and O–H groups in total. The molecule has 1 amide bonds. The molecule has 0 saturated carbocycles. The summed E-state index contributed by atoms with van der Waals surface area (Å²) in [5.74, 6) is 0.0416. The summed E-state index contributed by atoms with van der Waals surface area (Å²) in [5, 5.41) is 11.7. The highest BCUT2D eigenvalue weighted by atomic mass is 16.3. The van der Waals surface area contributed by atoms with E-state index in [1.807, 2.05) is 0 Å². The van der Waals surface area contributed by atoms with Crippen LogP contribution >= 0.6 is 0 Å². The fraction of sp³-hybridized carbons (Fsp3) is 0.333. The van der Waals surface area contributed by atoms with Crippen LogP contribution in [0.1, 0.15) is 18.9 Å². The van der Waals surface area contributed by atoms with Crippen molar-refractivity contribution in [3.63, 3.8) is 0 Å². The van der Waals surface area contributed by atoms with Crippen LogP contribution in [0.5, 0.6) is 5.75 Å². The number of phenolic OH excluding ortho intramolecular Hbond substituents is 1. The number of benzene rings is 1. The third kappa shape index (κ3) is 3.73. The number of nitrogens with one attached hydrogen (secondary N) is 1. The number of aldehydes is 1. The Labute approximate surface area is 94.3 Å². The third-order valence-corrected chi connectivity index (χ3v) is 2.22.